The normalized spacial score (nSPS) is 6.08. The minimum atomic E-state index is 0. The van der Waals surface area contributed by atoms with Crippen molar-refractivity contribution in [1.82, 2.24) is 0 Å². The molecule has 0 aliphatic heterocycles. The van der Waals surface area contributed by atoms with Gasteiger partial charge in [0.15, 0.2) is 0 Å². The average Bonchev–Trinajstić information content (AvgIpc) is 1.93. The van der Waals surface area contributed by atoms with Gasteiger partial charge >= 0.3 is 90.9 Å². The Hall–Kier alpha value is 2.58. The molecule has 13 heavy (non-hydrogen) atoms. The van der Waals surface area contributed by atoms with Crippen molar-refractivity contribution >= 4 is 6.29 Å². The van der Waals surface area contributed by atoms with Crippen molar-refractivity contribution in [3.8, 4) is 0 Å². The van der Waals surface area contributed by atoms with E-state index in [1.54, 1.807) is 12.7 Å². The van der Waals surface area contributed by atoms with Gasteiger partial charge in [0.2, 0.25) is 0 Å². The Morgan fingerprint density at radius 3 is 1.92 bits per heavy atom. The van der Waals surface area contributed by atoms with Gasteiger partial charge in [-0.05, 0) is 0 Å². The molecule has 0 spiro atoms. The van der Waals surface area contributed by atoms with E-state index in [-0.39, 0.29) is 98.3 Å². The minimum Gasteiger partial charge on any atom is -0.544 e. The number of unbranched alkanes of at least 4 members (excludes halogenated alkanes) is 3. The Bertz CT molecular complexity index is 58.9. The maximum absolute atomic E-state index is 9.25. The summed E-state index contributed by atoms with van der Waals surface area (Å²) in [6.45, 7) is 7.67. The number of rotatable bonds is 4. The Morgan fingerprint density at radius 2 is 1.92 bits per heavy atom. The van der Waals surface area contributed by atoms with E-state index in [0.717, 1.165) is 6.42 Å². The molecular weight excluding hydrogens is 310 g/mol. The molecule has 0 unspecified atom stereocenters. The summed E-state index contributed by atoms with van der Waals surface area (Å²) in [7, 11) is 0. The molecule has 70 valence electrons. The molecule has 0 rings (SSSR count). The molecule has 0 saturated heterocycles. The summed E-state index contributed by atoms with van der Waals surface area (Å²) < 4.78 is 0. The van der Waals surface area contributed by atoms with Crippen molar-refractivity contribution in [2.45, 2.75) is 39.5 Å². The van der Waals surface area contributed by atoms with Gasteiger partial charge in [0.1, 0.15) is 0 Å². The van der Waals surface area contributed by atoms with Crippen molar-refractivity contribution in [1.29, 1.82) is 0 Å². The third-order valence-corrected chi connectivity index (χ3v) is 0.891. The van der Waals surface area contributed by atoms with Crippen molar-refractivity contribution < 1.29 is 95.7 Å². The van der Waals surface area contributed by atoms with Gasteiger partial charge in [0, 0.05) is 0 Å². The van der Waals surface area contributed by atoms with E-state index in [9.17, 15) is 4.79 Å². The third-order valence-electron chi connectivity index (χ3n) is 0.891. The Kier molecular flexibility index (Phi) is 83.1. The molecular formula is C10H20ORbY. The molecule has 0 atom stereocenters. The van der Waals surface area contributed by atoms with Crippen LogP contribution in [0.4, 0.5) is 0 Å². The second-order valence-corrected chi connectivity index (χ2v) is 1.96. The summed E-state index contributed by atoms with van der Waals surface area (Å²) in [5.74, 6) is 0. The van der Waals surface area contributed by atoms with Crippen LogP contribution < -0.4 is 58.2 Å². The first kappa shape index (κ1) is 29.6. The largest absolute Gasteiger partial charge is 3.00 e. The van der Waals surface area contributed by atoms with E-state index >= 15 is 0 Å². The van der Waals surface area contributed by atoms with Crippen molar-refractivity contribution in [2.75, 3.05) is 0 Å². The van der Waals surface area contributed by atoms with Crippen LogP contribution in [0.3, 0.4) is 0 Å². The standard InChI is InChI=1S/C5H11.C4H6O.CH3.Rb.Y/c1-3-5-4-2;1-2-3-4-5;;;/h1,3-5H2,2H3;2H,3H2,1H3;1H3;;/q-1;-2;-1;+1;+3. The fourth-order valence-corrected chi connectivity index (χ4v) is 0.333. The number of carbonyl (C=O) groups excluding carboxylic acids is 1. The smallest absolute Gasteiger partial charge is 0.544 e. The Balaban J connectivity index is -0.0000000267. The molecule has 0 heterocycles. The van der Waals surface area contributed by atoms with Crippen molar-refractivity contribution in [2.24, 2.45) is 0 Å². The first-order valence-electron chi connectivity index (χ1n) is 3.75. The monoisotopic (exact) mass is 330 g/mol. The summed E-state index contributed by atoms with van der Waals surface area (Å²) in [4.78, 5) is 9.25. The Labute approximate surface area is 159 Å². The maximum Gasteiger partial charge on any atom is 3.00 e. The molecule has 0 bridgehead atoms. The van der Waals surface area contributed by atoms with Gasteiger partial charge < -0.3 is 25.6 Å². The van der Waals surface area contributed by atoms with Gasteiger partial charge in [-0.1, -0.05) is 19.8 Å². The van der Waals surface area contributed by atoms with E-state index in [1.807, 2.05) is 6.92 Å². The van der Waals surface area contributed by atoms with Gasteiger partial charge in [-0.3, -0.25) is 12.7 Å². The van der Waals surface area contributed by atoms with Crippen LogP contribution in [0, 0.1) is 20.8 Å². The molecule has 0 amide bonds. The molecule has 0 aliphatic rings. The molecule has 0 saturated carbocycles. The Morgan fingerprint density at radius 1 is 1.46 bits per heavy atom. The van der Waals surface area contributed by atoms with Crippen LogP contribution in [0.5, 0.6) is 0 Å². The number of hydrogen-bond acceptors (Lipinski definition) is 1. The van der Waals surface area contributed by atoms with Gasteiger partial charge in [-0.25, -0.2) is 0 Å². The summed E-state index contributed by atoms with van der Waals surface area (Å²) in [6, 6.07) is 0. The van der Waals surface area contributed by atoms with Crippen LogP contribution in [0.1, 0.15) is 39.5 Å². The molecule has 0 fully saturated rings. The van der Waals surface area contributed by atoms with Crippen LogP contribution >= 0.6 is 0 Å². The van der Waals surface area contributed by atoms with Crippen LogP contribution in [0.15, 0.2) is 0 Å². The zero-order chi connectivity index (χ0) is 8.24. The van der Waals surface area contributed by atoms with Gasteiger partial charge in [-0.15, -0.1) is 0 Å². The average molecular weight is 331 g/mol. The van der Waals surface area contributed by atoms with Crippen LogP contribution in [0.2, 0.25) is 0 Å². The molecule has 0 aromatic carbocycles. The summed E-state index contributed by atoms with van der Waals surface area (Å²) in [5, 5.41) is 0. The van der Waals surface area contributed by atoms with Crippen molar-refractivity contribution in [3.63, 3.8) is 0 Å². The molecule has 0 aromatic heterocycles. The van der Waals surface area contributed by atoms with E-state index in [4.69, 9.17) is 0 Å². The molecule has 0 N–H and O–H groups in total. The van der Waals surface area contributed by atoms with E-state index in [2.05, 4.69) is 13.8 Å². The van der Waals surface area contributed by atoms with Gasteiger partial charge in [0.05, 0.1) is 0 Å². The van der Waals surface area contributed by atoms with E-state index in [1.165, 1.54) is 12.8 Å². The third kappa shape index (κ3) is 53.3. The SMILES string of the molecule is C[CH-]C[C-]=O.[CH2-]CCCC.[CH3-].[Rb+].[Y+3]. The molecule has 0 aliphatic carbocycles. The molecule has 0 aromatic rings. The predicted octanol–water partition coefficient (Wildman–Crippen LogP) is 0.173. The second-order valence-electron chi connectivity index (χ2n) is 1.96. The van der Waals surface area contributed by atoms with Crippen LogP contribution in [-0.4, -0.2) is 6.29 Å². The summed E-state index contributed by atoms with van der Waals surface area (Å²) >= 11 is 0. The van der Waals surface area contributed by atoms with Gasteiger partial charge in [-0.2, -0.15) is 13.3 Å². The quantitative estimate of drug-likeness (QED) is 0.672. The summed E-state index contributed by atoms with van der Waals surface area (Å²) in [6.07, 6.45) is 7.58. The predicted molar refractivity (Wildman–Crippen MR) is 51.6 cm³/mol. The number of hydrogen-bond donors (Lipinski definition) is 0. The second kappa shape index (κ2) is 36.5. The fourth-order valence-electron chi connectivity index (χ4n) is 0.333. The molecule has 1 nitrogen and oxygen atoms in total. The zero-order valence-electron chi connectivity index (χ0n) is 9.60. The minimum absolute atomic E-state index is 0. The fraction of sp³-hybridized carbons (Fsp3) is 0.600. The first-order valence-corrected chi connectivity index (χ1v) is 3.75. The van der Waals surface area contributed by atoms with E-state index in [0.29, 0.717) is 6.42 Å². The topological polar surface area (TPSA) is 17.1 Å². The first-order chi connectivity index (χ1) is 4.83. The molecule has 0 radical (unpaired) electrons. The molecule has 3 heteroatoms. The zero-order valence-corrected chi connectivity index (χ0v) is 17.4. The van der Waals surface area contributed by atoms with Gasteiger partial charge in [0.25, 0.3) is 0 Å². The van der Waals surface area contributed by atoms with Crippen LogP contribution in [-0.2, 0) is 37.5 Å². The van der Waals surface area contributed by atoms with Crippen molar-refractivity contribution in [3.05, 3.63) is 20.8 Å². The van der Waals surface area contributed by atoms with E-state index < -0.39 is 0 Å². The maximum atomic E-state index is 9.25. The van der Waals surface area contributed by atoms with Crippen LogP contribution in [0.25, 0.3) is 0 Å². The summed E-state index contributed by atoms with van der Waals surface area (Å²) in [5.41, 5.74) is 0.